The molecular formula is C27H28N6O4. The second kappa shape index (κ2) is 8.43. The number of anilines is 1. The molecule has 4 aromatic rings. The Kier molecular flexibility index (Phi) is 5.29. The molecule has 10 heteroatoms. The van der Waals surface area contributed by atoms with Crippen LogP contribution in [0.5, 0.6) is 11.6 Å². The predicted octanol–water partition coefficient (Wildman–Crippen LogP) is 4.94. The maximum absolute atomic E-state index is 13.0. The molecule has 2 aliphatic rings. The number of carbonyl (C=O) groups is 2. The number of nitrogens with one attached hydrogen (secondary N) is 1. The van der Waals surface area contributed by atoms with Crippen molar-refractivity contribution in [1.82, 2.24) is 24.6 Å². The second-order valence-electron chi connectivity index (χ2n) is 10.3. The molecule has 0 radical (unpaired) electrons. The molecule has 1 aliphatic heterocycles. The van der Waals surface area contributed by atoms with Crippen molar-refractivity contribution >= 4 is 28.7 Å². The van der Waals surface area contributed by atoms with Crippen LogP contribution in [-0.2, 0) is 23.2 Å². The number of fused-ring (bicyclic) bond motifs is 2. The van der Waals surface area contributed by atoms with Gasteiger partial charge in [0.15, 0.2) is 5.82 Å². The molecule has 0 bridgehead atoms. The summed E-state index contributed by atoms with van der Waals surface area (Å²) in [5.74, 6) is 2.36. The van der Waals surface area contributed by atoms with Crippen LogP contribution >= 0.6 is 0 Å². The highest BCUT2D eigenvalue weighted by Crippen LogP contribution is 2.48. The minimum Gasteiger partial charge on any atom is -0.438 e. The highest BCUT2D eigenvalue weighted by Gasteiger charge is 2.43. The van der Waals surface area contributed by atoms with E-state index in [-0.39, 0.29) is 23.4 Å². The first kappa shape index (κ1) is 23.2. The molecule has 2 amide bonds. The standard InChI is InChI=1S/C27H28N6O4/c1-15-11-19-20(13-33(15)17(3)34)28-14-29-25(19)36-22-6-5-21-18(16(22)2)7-10-32(21)26(35)30-24-12-23(37-31-24)27(4)8-9-27/h5-7,10,12,14-15H,8-9,11,13H2,1-4H3,(H,30,31,35). The van der Waals surface area contributed by atoms with Crippen LogP contribution in [0.2, 0.25) is 0 Å². The van der Waals surface area contributed by atoms with Gasteiger partial charge in [0.1, 0.15) is 17.8 Å². The number of amides is 2. The van der Waals surface area contributed by atoms with E-state index in [0.717, 1.165) is 46.3 Å². The largest absolute Gasteiger partial charge is 0.438 e. The van der Waals surface area contributed by atoms with Gasteiger partial charge in [0.25, 0.3) is 0 Å². The first-order valence-electron chi connectivity index (χ1n) is 12.4. The monoisotopic (exact) mass is 500 g/mol. The van der Waals surface area contributed by atoms with Gasteiger partial charge in [-0.25, -0.2) is 14.8 Å². The van der Waals surface area contributed by atoms with Crippen molar-refractivity contribution in [3.05, 3.63) is 59.4 Å². The number of carbonyl (C=O) groups excluding carboxylic acids is 2. The van der Waals surface area contributed by atoms with Gasteiger partial charge in [-0.15, -0.1) is 0 Å². The summed E-state index contributed by atoms with van der Waals surface area (Å²) in [6, 6.07) is 7.09. The average Bonchev–Trinajstić information content (AvgIpc) is 3.26. The van der Waals surface area contributed by atoms with E-state index in [1.165, 1.54) is 6.33 Å². The van der Waals surface area contributed by atoms with Gasteiger partial charge in [0, 0.05) is 47.2 Å². The lowest BCUT2D eigenvalue weighted by molar-refractivity contribution is -0.132. The number of aromatic nitrogens is 4. The number of ether oxygens (including phenoxy) is 1. The summed E-state index contributed by atoms with van der Waals surface area (Å²) in [5, 5.41) is 7.72. The third-order valence-electron chi connectivity index (χ3n) is 7.61. The molecule has 1 saturated carbocycles. The third kappa shape index (κ3) is 4.02. The smallest absolute Gasteiger partial charge is 0.331 e. The Balaban J connectivity index is 1.25. The molecule has 6 rings (SSSR count). The number of hydrogen-bond donors (Lipinski definition) is 1. The van der Waals surface area contributed by atoms with Crippen LogP contribution in [0.1, 0.15) is 56.2 Å². The van der Waals surface area contributed by atoms with Crippen molar-refractivity contribution in [1.29, 1.82) is 0 Å². The van der Waals surface area contributed by atoms with Gasteiger partial charge in [-0.05, 0) is 51.3 Å². The first-order chi connectivity index (χ1) is 17.7. The van der Waals surface area contributed by atoms with E-state index in [1.807, 2.05) is 32.0 Å². The Hall–Kier alpha value is -4.21. The molecule has 1 fully saturated rings. The van der Waals surface area contributed by atoms with Gasteiger partial charge in [0.2, 0.25) is 11.8 Å². The van der Waals surface area contributed by atoms with E-state index < -0.39 is 0 Å². The Morgan fingerprint density at radius 2 is 2.03 bits per heavy atom. The molecule has 1 aliphatic carbocycles. The number of nitrogens with zero attached hydrogens (tertiary/aromatic N) is 5. The lowest BCUT2D eigenvalue weighted by Crippen LogP contribution is -2.41. The van der Waals surface area contributed by atoms with Crippen LogP contribution in [0, 0.1) is 6.92 Å². The highest BCUT2D eigenvalue weighted by molar-refractivity contribution is 5.99. The molecule has 4 heterocycles. The minimum atomic E-state index is -0.322. The maximum atomic E-state index is 13.0. The van der Waals surface area contributed by atoms with E-state index >= 15 is 0 Å². The molecular weight excluding hydrogens is 472 g/mol. The molecule has 1 unspecified atom stereocenters. The van der Waals surface area contributed by atoms with Gasteiger partial charge in [-0.3, -0.25) is 14.7 Å². The van der Waals surface area contributed by atoms with Crippen LogP contribution in [0.15, 0.2) is 41.3 Å². The summed E-state index contributed by atoms with van der Waals surface area (Å²) in [6.45, 7) is 8.10. The Morgan fingerprint density at radius 3 is 2.78 bits per heavy atom. The van der Waals surface area contributed by atoms with Gasteiger partial charge in [0.05, 0.1) is 17.8 Å². The fourth-order valence-electron chi connectivity index (χ4n) is 4.96. The number of benzene rings is 1. The summed E-state index contributed by atoms with van der Waals surface area (Å²) >= 11 is 0. The maximum Gasteiger partial charge on any atom is 0.331 e. The fourth-order valence-corrected chi connectivity index (χ4v) is 4.96. The average molecular weight is 501 g/mol. The van der Waals surface area contributed by atoms with Gasteiger partial charge in [-0.1, -0.05) is 12.1 Å². The van der Waals surface area contributed by atoms with Crippen LogP contribution < -0.4 is 10.1 Å². The normalized spacial score (nSPS) is 17.9. The predicted molar refractivity (Wildman–Crippen MR) is 136 cm³/mol. The lowest BCUT2D eigenvalue weighted by atomic mass is 9.99. The molecule has 0 spiro atoms. The van der Waals surface area contributed by atoms with Crippen molar-refractivity contribution in [3.8, 4) is 11.6 Å². The molecule has 3 aromatic heterocycles. The van der Waals surface area contributed by atoms with Crippen molar-refractivity contribution in [3.63, 3.8) is 0 Å². The Morgan fingerprint density at radius 1 is 1.22 bits per heavy atom. The SMILES string of the molecule is CC(=O)N1Cc2ncnc(Oc3ccc4c(ccn4C(=O)Nc4cc(C5(C)CC5)on4)c3C)c2CC1C. The number of hydrogen-bond acceptors (Lipinski definition) is 7. The van der Waals surface area contributed by atoms with E-state index in [1.54, 1.807) is 28.7 Å². The number of aryl methyl sites for hydroxylation is 1. The molecule has 0 saturated heterocycles. The van der Waals surface area contributed by atoms with Crippen molar-refractivity contribution < 1.29 is 18.8 Å². The zero-order chi connectivity index (χ0) is 25.9. The third-order valence-corrected chi connectivity index (χ3v) is 7.61. The van der Waals surface area contributed by atoms with E-state index in [2.05, 4.69) is 27.4 Å². The van der Waals surface area contributed by atoms with Crippen LogP contribution in [0.25, 0.3) is 10.9 Å². The summed E-state index contributed by atoms with van der Waals surface area (Å²) in [4.78, 5) is 35.6. The molecule has 190 valence electrons. The second-order valence-corrected chi connectivity index (χ2v) is 10.3. The van der Waals surface area contributed by atoms with Crippen LogP contribution in [-0.4, -0.2) is 42.6 Å². The van der Waals surface area contributed by atoms with Crippen LogP contribution in [0.4, 0.5) is 10.6 Å². The molecule has 1 atom stereocenters. The van der Waals surface area contributed by atoms with Gasteiger partial charge in [-0.2, -0.15) is 0 Å². The molecule has 1 N–H and O–H groups in total. The quantitative estimate of drug-likeness (QED) is 0.422. The Bertz CT molecular complexity index is 1550. The number of rotatable bonds is 4. The van der Waals surface area contributed by atoms with Crippen molar-refractivity contribution in [2.24, 2.45) is 0 Å². The zero-order valence-corrected chi connectivity index (χ0v) is 21.2. The van der Waals surface area contributed by atoms with E-state index in [9.17, 15) is 9.59 Å². The van der Waals surface area contributed by atoms with Crippen molar-refractivity contribution in [2.45, 2.75) is 65.0 Å². The Labute approximate surface area is 213 Å². The summed E-state index contributed by atoms with van der Waals surface area (Å²) in [6.07, 6.45) is 5.94. The van der Waals surface area contributed by atoms with Crippen LogP contribution in [0.3, 0.4) is 0 Å². The molecule has 1 aromatic carbocycles. The highest BCUT2D eigenvalue weighted by atomic mass is 16.5. The first-order valence-corrected chi connectivity index (χ1v) is 12.4. The van der Waals surface area contributed by atoms with E-state index in [4.69, 9.17) is 9.26 Å². The van der Waals surface area contributed by atoms with E-state index in [0.29, 0.717) is 30.4 Å². The summed E-state index contributed by atoms with van der Waals surface area (Å²) in [7, 11) is 0. The van der Waals surface area contributed by atoms with Gasteiger partial charge >= 0.3 is 6.03 Å². The fraction of sp³-hybridized carbons (Fsp3) is 0.370. The van der Waals surface area contributed by atoms with Gasteiger partial charge < -0.3 is 14.2 Å². The lowest BCUT2D eigenvalue weighted by Gasteiger charge is -2.33. The summed E-state index contributed by atoms with van der Waals surface area (Å²) < 4.78 is 13.3. The summed E-state index contributed by atoms with van der Waals surface area (Å²) in [5.41, 5.74) is 3.38. The minimum absolute atomic E-state index is 0.0234. The topological polar surface area (TPSA) is 115 Å². The molecule has 10 nitrogen and oxygen atoms in total. The molecule has 37 heavy (non-hydrogen) atoms. The zero-order valence-electron chi connectivity index (χ0n) is 21.2. The van der Waals surface area contributed by atoms with Crippen molar-refractivity contribution in [2.75, 3.05) is 5.32 Å².